The Bertz CT molecular complexity index is 631. The van der Waals surface area contributed by atoms with Crippen molar-refractivity contribution in [3.05, 3.63) is 27.7 Å². The molecular formula is C13H17Cl2NO4S. The molecule has 1 rings (SSSR count). The van der Waals surface area contributed by atoms with Gasteiger partial charge in [-0.25, -0.2) is 13.2 Å². The Hall–Kier alpha value is -0.820. The highest BCUT2D eigenvalue weighted by atomic mass is 35.5. The topological polar surface area (TPSA) is 74.7 Å². The Morgan fingerprint density at radius 1 is 1.29 bits per heavy atom. The van der Waals surface area contributed by atoms with E-state index in [4.69, 9.17) is 28.3 Å². The summed E-state index contributed by atoms with van der Waals surface area (Å²) in [5.41, 5.74) is -0.397. The first-order chi connectivity index (χ1) is 9.77. The number of sulfonamides is 1. The molecule has 0 atom stereocenters. The summed E-state index contributed by atoms with van der Waals surface area (Å²) < 4.78 is 26.4. The van der Waals surface area contributed by atoms with Crippen LogP contribution in [0, 0.1) is 0 Å². The molecule has 0 aromatic heterocycles. The summed E-state index contributed by atoms with van der Waals surface area (Å²) in [5, 5.41) is 8.65. The molecule has 0 spiro atoms. The number of carbonyl (C=O) groups is 1. The molecule has 21 heavy (non-hydrogen) atoms. The number of benzene rings is 1. The van der Waals surface area contributed by atoms with E-state index in [2.05, 4.69) is 0 Å². The number of hydrogen-bond donors (Lipinski definition) is 1. The van der Waals surface area contributed by atoms with Gasteiger partial charge in [-0.2, -0.15) is 4.31 Å². The summed E-state index contributed by atoms with van der Waals surface area (Å²) in [4.78, 5) is 10.9. The second kappa shape index (κ2) is 7.45. The van der Waals surface area contributed by atoms with Crippen molar-refractivity contribution in [3.63, 3.8) is 0 Å². The summed E-state index contributed by atoms with van der Waals surface area (Å²) in [6, 6.07) is 2.47. The fourth-order valence-corrected chi connectivity index (χ4v) is 4.23. The molecule has 5 nitrogen and oxygen atoms in total. The van der Waals surface area contributed by atoms with Gasteiger partial charge in [0.15, 0.2) is 0 Å². The molecule has 0 unspecified atom stereocenters. The molecule has 8 heteroatoms. The van der Waals surface area contributed by atoms with E-state index in [1.165, 1.54) is 16.4 Å². The summed E-state index contributed by atoms with van der Waals surface area (Å²) >= 11 is 11.7. The zero-order chi connectivity index (χ0) is 16.2. The lowest BCUT2D eigenvalue weighted by Gasteiger charge is -2.21. The van der Waals surface area contributed by atoms with Crippen molar-refractivity contribution >= 4 is 39.2 Å². The van der Waals surface area contributed by atoms with Gasteiger partial charge in [-0.15, -0.1) is 0 Å². The van der Waals surface area contributed by atoms with Crippen molar-refractivity contribution in [2.45, 2.75) is 31.6 Å². The largest absolute Gasteiger partial charge is 0.478 e. The van der Waals surface area contributed by atoms with Crippen LogP contribution in [0.15, 0.2) is 17.0 Å². The normalized spacial score (nSPS) is 11.9. The fraction of sp³-hybridized carbons (Fsp3) is 0.462. The van der Waals surface area contributed by atoms with Gasteiger partial charge in [-0.3, -0.25) is 0 Å². The Kier molecular flexibility index (Phi) is 6.46. The number of carboxylic acid groups (broad SMARTS) is 1. The smallest absolute Gasteiger partial charge is 0.338 e. The summed E-state index contributed by atoms with van der Waals surface area (Å²) in [6.45, 7) is 4.31. The van der Waals surface area contributed by atoms with Gasteiger partial charge >= 0.3 is 5.97 Å². The number of unbranched alkanes of at least 4 members (excludes halogenated alkanes) is 1. The van der Waals surface area contributed by atoms with Crippen LogP contribution in [0.1, 0.15) is 37.0 Å². The number of rotatable bonds is 7. The van der Waals surface area contributed by atoms with E-state index in [1.54, 1.807) is 6.92 Å². The highest BCUT2D eigenvalue weighted by Crippen LogP contribution is 2.32. The van der Waals surface area contributed by atoms with E-state index in [9.17, 15) is 13.2 Å². The van der Waals surface area contributed by atoms with Gasteiger partial charge in [0.1, 0.15) is 4.90 Å². The van der Waals surface area contributed by atoms with Crippen LogP contribution in [0.2, 0.25) is 10.0 Å². The van der Waals surface area contributed by atoms with Crippen LogP contribution >= 0.6 is 23.2 Å². The highest BCUT2D eigenvalue weighted by molar-refractivity contribution is 7.89. The van der Waals surface area contributed by atoms with Gasteiger partial charge in [0.25, 0.3) is 0 Å². The molecule has 0 aliphatic rings. The zero-order valence-electron chi connectivity index (χ0n) is 11.8. The minimum atomic E-state index is -3.85. The molecule has 1 aromatic carbocycles. The Morgan fingerprint density at radius 3 is 2.38 bits per heavy atom. The van der Waals surface area contributed by atoms with Gasteiger partial charge in [-0.05, 0) is 18.6 Å². The Labute approximate surface area is 134 Å². The third-order valence-corrected chi connectivity index (χ3v) is 5.84. The lowest BCUT2D eigenvalue weighted by Crippen LogP contribution is -2.32. The van der Waals surface area contributed by atoms with Crippen molar-refractivity contribution in [2.75, 3.05) is 13.1 Å². The molecular weight excluding hydrogens is 337 g/mol. The molecule has 1 N–H and O–H groups in total. The maximum Gasteiger partial charge on any atom is 0.338 e. The standard InChI is InChI=1S/C13H17Cl2NO4S/c1-3-5-8-16(4-2)21(19,20)10-7-6-9(14)11(12(10)15)13(17)18/h6-7H,3-5,8H2,1-2H3,(H,17,18). The first-order valence-corrected chi connectivity index (χ1v) is 8.68. The fourth-order valence-electron chi connectivity index (χ4n) is 1.85. The molecule has 0 aliphatic carbocycles. The number of nitrogens with zero attached hydrogens (tertiary/aromatic N) is 1. The predicted molar refractivity (Wildman–Crippen MR) is 82.8 cm³/mol. The maximum atomic E-state index is 12.6. The maximum absolute atomic E-state index is 12.6. The van der Waals surface area contributed by atoms with Gasteiger partial charge in [0, 0.05) is 13.1 Å². The van der Waals surface area contributed by atoms with Crippen LogP contribution in [0.25, 0.3) is 0 Å². The monoisotopic (exact) mass is 353 g/mol. The van der Waals surface area contributed by atoms with Crippen molar-refractivity contribution in [3.8, 4) is 0 Å². The van der Waals surface area contributed by atoms with Crippen LogP contribution in [-0.4, -0.2) is 36.9 Å². The van der Waals surface area contributed by atoms with Gasteiger partial charge < -0.3 is 5.11 Å². The van der Waals surface area contributed by atoms with Crippen molar-refractivity contribution in [1.29, 1.82) is 0 Å². The van der Waals surface area contributed by atoms with Crippen LogP contribution < -0.4 is 0 Å². The zero-order valence-corrected chi connectivity index (χ0v) is 14.1. The Morgan fingerprint density at radius 2 is 1.90 bits per heavy atom. The molecule has 1 aromatic rings. The van der Waals surface area contributed by atoms with Crippen LogP contribution in [0.5, 0.6) is 0 Å². The molecule has 0 amide bonds. The number of halogens is 2. The molecule has 0 aliphatic heterocycles. The lowest BCUT2D eigenvalue weighted by atomic mass is 10.2. The molecule has 0 saturated carbocycles. The summed E-state index contributed by atoms with van der Waals surface area (Å²) in [5.74, 6) is -1.36. The summed E-state index contributed by atoms with van der Waals surface area (Å²) in [7, 11) is -3.85. The third kappa shape index (κ3) is 3.88. The second-order valence-electron chi connectivity index (χ2n) is 4.39. The number of carboxylic acids is 1. The van der Waals surface area contributed by atoms with Crippen LogP contribution in [0.3, 0.4) is 0 Å². The van der Waals surface area contributed by atoms with Crippen LogP contribution in [0.4, 0.5) is 0 Å². The average Bonchev–Trinajstić information content (AvgIpc) is 2.38. The first-order valence-electron chi connectivity index (χ1n) is 6.48. The van der Waals surface area contributed by atoms with E-state index in [0.717, 1.165) is 6.42 Å². The quantitative estimate of drug-likeness (QED) is 0.813. The van der Waals surface area contributed by atoms with E-state index in [1.807, 2.05) is 6.92 Å². The van der Waals surface area contributed by atoms with Gasteiger partial charge in [0.05, 0.1) is 15.6 Å². The molecule has 118 valence electrons. The first kappa shape index (κ1) is 18.2. The molecule has 0 bridgehead atoms. The SMILES string of the molecule is CCCCN(CC)S(=O)(=O)c1ccc(Cl)c(C(=O)O)c1Cl. The molecule has 0 saturated heterocycles. The van der Waals surface area contributed by atoms with Gasteiger partial charge in [0.2, 0.25) is 10.0 Å². The molecule has 0 fully saturated rings. The molecule has 0 radical (unpaired) electrons. The van der Waals surface area contributed by atoms with E-state index < -0.39 is 21.6 Å². The third-order valence-electron chi connectivity index (χ3n) is 3.00. The van der Waals surface area contributed by atoms with E-state index in [-0.39, 0.29) is 21.5 Å². The molecule has 0 heterocycles. The number of aromatic carboxylic acids is 1. The van der Waals surface area contributed by atoms with Crippen molar-refractivity contribution < 1.29 is 18.3 Å². The van der Waals surface area contributed by atoms with Crippen molar-refractivity contribution in [1.82, 2.24) is 4.31 Å². The predicted octanol–water partition coefficient (Wildman–Crippen LogP) is 3.50. The van der Waals surface area contributed by atoms with Gasteiger partial charge in [-0.1, -0.05) is 43.5 Å². The minimum absolute atomic E-state index is 0.0944. The van der Waals surface area contributed by atoms with E-state index >= 15 is 0 Å². The average molecular weight is 354 g/mol. The lowest BCUT2D eigenvalue weighted by molar-refractivity contribution is 0.0697. The second-order valence-corrected chi connectivity index (χ2v) is 7.08. The van der Waals surface area contributed by atoms with E-state index in [0.29, 0.717) is 13.0 Å². The summed E-state index contributed by atoms with van der Waals surface area (Å²) in [6.07, 6.45) is 1.56. The number of hydrogen-bond acceptors (Lipinski definition) is 3. The Balaban J connectivity index is 3.38. The minimum Gasteiger partial charge on any atom is -0.478 e. The van der Waals surface area contributed by atoms with Crippen LogP contribution in [-0.2, 0) is 10.0 Å². The highest BCUT2D eigenvalue weighted by Gasteiger charge is 2.28. The van der Waals surface area contributed by atoms with Crippen molar-refractivity contribution in [2.24, 2.45) is 0 Å².